The third-order valence-electron chi connectivity index (χ3n) is 14.7. The van der Waals surface area contributed by atoms with E-state index in [1.54, 1.807) is 19.9 Å². The maximum Gasteiger partial charge on any atom is 0.307 e. The van der Waals surface area contributed by atoms with Crippen molar-refractivity contribution >= 4 is 29.6 Å². The standard InChI is InChI=1S/C44H61NO5.CH4O/c1-27(2)38-32(47)24-44(23-19-36(48)45-29-12-10-28(3)11-13-29)22-16-31-30(39(38)44)14-15-34-42(31,8)20-17-33-41(6,7)35(18-21-43(33,34)9)50-37(49)25-40(4,5)26-46;1-2/h10-13,19,23,26-27,30-31,33-35H,14-18,20-22,24-25H2,1-9H3,(H,45,48);2H,1H3/b23-19+;. The zero-order valence-corrected chi connectivity index (χ0v) is 33.6. The Morgan fingerprint density at radius 1 is 0.942 bits per heavy atom. The van der Waals surface area contributed by atoms with Crippen LogP contribution < -0.4 is 5.32 Å². The molecule has 4 saturated carbocycles. The number of Topliss-reactive ketones (excluding diaryl/α,β-unsaturated/α-hetero) is 1. The van der Waals surface area contributed by atoms with E-state index in [0.29, 0.717) is 30.1 Å². The first kappa shape index (κ1) is 40.1. The SMILES string of the molecule is CO.Cc1ccc(NC(=O)/C=C/C23CCC4C(CCC5C4(C)CCC4C(C)(C)C(OC(=O)CC(C)(C)C=O)CCC45C)C2=C(C(C)C)C(=O)C3)cc1. The number of benzene rings is 1. The molecular formula is C45H65NO6. The molecule has 0 radical (unpaired) electrons. The molecule has 7 heteroatoms. The van der Waals surface area contributed by atoms with Crippen molar-refractivity contribution in [3.8, 4) is 0 Å². The predicted molar refractivity (Wildman–Crippen MR) is 206 cm³/mol. The van der Waals surface area contributed by atoms with Crippen LogP contribution >= 0.6 is 0 Å². The number of hydrogen-bond acceptors (Lipinski definition) is 6. The van der Waals surface area contributed by atoms with E-state index in [0.717, 1.165) is 81.6 Å². The molecule has 0 bridgehead atoms. The lowest BCUT2D eigenvalue weighted by Gasteiger charge is -2.68. The fraction of sp³-hybridized carbons (Fsp3) is 0.689. The van der Waals surface area contributed by atoms with Gasteiger partial charge >= 0.3 is 5.97 Å². The number of hydrogen-bond donors (Lipinski definition) is 2. The number of aldehydes is 1. The number of carbonyl (C=O) groups excluding carboxylic acids is 4. The summed E-state index contributed by atoms with van der Waals surface area (Å²) in [6, 6.07) is 7.85. The second-order valence-electron chi connectivity index (χ2n) is 19.0. The van der Waals surface area contributed by atoms with Crippen LogP contribution in [0.5, 0.6) is 0 Å². The molecule has 5 aliphatic carbocycles. The summed E-state index contributed by atoms with van der Waals surface area (Å²) in [7, 11) is 1.00. The lowest BCUT2D eigenvalue weighted by molar-refractivity contribution is -0.213. The number of anilines is 1. The minimum atomic E-state index is -0.717. The molecule has 1 aromatic carbocycles. The van der Waals surface area contributed by atoms with Crippen LogP contribution in [-0.4, -0.2) is 42.3 Å². The van der Waals surface area contributed by atoms with E-state index < -0.39 is 5.41 Å². The molecule has 7 nitrogen and oxygen atoms in total. The van der Waals surface area contributed by atoms with E-state index >= 15 is 0 Å². The van der Waals surface area contributed by atoms with Gasteiger partial charge in [-0.25, -0.2) is 0 Å². The molecule has 4 fully saturated rings. The maximum atomic E-state index is 13.9. The molecule has 2 N–H and O–H groups in total. The van der Waals surface area contributed by atoms with Crippen LogP contribution in [0, 0.1) is 63.6 Å². The van der Waals surface area contributed by atoms with Gasteiger partial charge < -0.3 is 20.0 Å². The number of amides is 1. The van der Waals surface area contributed by atoms with E-state index in [1.165, 1.54) is 5.57 Å². The summed E-state index contributed by atoms with van der Waals surface area (Å²) in [6.07, 6.45) is 13.4. The van der Waals surface area contributed by atoms with Gasteiger partial charge in [0.15, 0.2) is 5.78 Å². The largest absolute Gasteiger partial charge is 0.462 e. The summed E-state index contributed by atoms with van der Waals surface area (Å²) in [5, 5.41) is 10.0. The van der Waals surface area contributed by atoms with Crippen molar-refractivity contribution in [2.45, 2.75) is 133 Å². The van der Waals surface area contributed by atoms with Gasteiger partial charge in [0.05, 0.1) is 6.42 Å². The topological polar surface area (TPSA) is 110 Å². The van der Waals surface area contributed by atoms with E-state index in [1.807, 2.05) is 31.2 Å². The van der Waals surface area contributed by atoms with E-state index in [2.05, 4.69) is 52.9 Å². The summed E-state index contributed by atoms with van der Waals surface area (Å²) in [4.78, 5) is 51.6. The molecule has 8 unspecified atom stereocenters. The summed E-state index contributed by atoms with van der Waals surface area (Å²) in [5.41, 5.74) is 3.34. The van der Waals surface area contributed by atoms with Gasteiger partial charge in [-0.1, -0.05) is 79.2 Å². The van der Waals surface area contributed by atoms with Crippen LogP contribution in [-0.2, 0) is 23.9 Å². The average molecular weight is 716 g/mol. The Morgan fingerprint density at radius 3 is 2.23 bits per heavy atom. The molecule has 286 valence electrons. The molecule has 1 aromatic rings. The van der Waals surface area contributed by atoms with Gasteiger partial charge in [0.2, 0.25) is 5.91 Å². The number of allylic oxidation sites excluding steroid dienone is 3. The van der Waals surface area contributed by atoms with Crippen LogP contribution in [0.1, 0.15) is 125 Å². The fourth-order valence-electron chi connectivity index (χ4n) is 12.4. The second kappa shape index (κ2) is 14.6. The van der Waals surface area contributed by atoms with Gasteiger partial charge in [0.25, 0.3) is 0 Å². The highest BCUT2D eigenvalue weighted by Gasteiger charge is 2.66. The molecule has 0 spiro atoms. The quantitative estimate of drug-likeness (QED) is 0.158. The zero-order chi connectivity index (χ0) is 38.4. The molecule has 8 atom stereocenters. The fourth-order valence-corrected chi connectivity index (χ4v) is 12.4. The lowest BCUT2D eigenvalue weighted by Crippen LogP contribution is -2.63. The maximum absolute atomic E-state index is 13.9. The van der Waals surface area contributed by atoms with Crippen molar-refractivity contribution < 1.29 is 29.0 Å². The van der Waals surface area contributed by atoms with E-state index in [-0.39, 0.29) is 57.8 Å². The number of esters is 1. The first-order valence-electron chi connectivity index (χ1n) is 19.8. The molecule has 0 aliphatic heterocycles. The molecule has 5 aliphatic rings. The number of ketones is 1. The van der Waals surface area contributed by atoms with Gasteiger partial charge in [-0.05, 0) is 122 Å². The molecular weight excluding hydrogens is 650 g/mol. The summed E-state index contributed by atoms with van der Waals surface area (Å²) in [5.74, 6) is 1.86. The Morgan fingerprint density at radius 2 is 1.60 bits per heavy atom. The van der Waals surface area contributed by atoms with Crippen LogP contribution in [0.2, 0.25) is 0 Å². The highest BCUT2D eigenvalue weighted by molar-refractivity contribution is 6.02. The Hall–Kier alpha value is -3.06. The number of ether oxygens (including phenoxy) is 1. The van der Waals surface area contributed by atoms with Gasteiger partial charge in [-0.3, -0.25) is 14.4 Å². The molecule has 0 aromatic heterocycles. The van der Waals surface area contributed by atoms with Crippen molar-refractivity contribution in [1.29, 1.82) is 0 Å². The van der Waals surface area contributed by atoms with E-state index in [4.69, 9.17) is 9.84 Å². The third kappa shape index (κ3) is 7.00. The van der Waals surface area contributed by atoms with Gasteiger partial charge in [-0.15, -0.1) is 0 Å². The highest BCUT2D eigenvalue weighted by atomic mass is 16.5. The molecule has 52 heavy (non-hydrogen) atoms. The Bertz CT molecular complexity index is 1600. The minimum absolute atomic E-state index is 0.111. The summed E-state index contributed by atoms with van der Waals surface area (Å²) in [6.45, 7) is 19.7. The van der Waals surface area contributed by atoms with Gasteiger partial charge in [0.1, 0.15) is 12.4 Å². The minimum Gasteiger partial charge on any atom is -0.462 e. The number of aliphatic hydroxyl groups excluding tert-OH is 1. The Kier molecular flexibility index (Phi) is 11.3. The van der Waals surface area contributed by atoms with Crippen molar-refractivity contribution in [3.63, 3.8) is 0 Å². The molecule has 0 heterocycles. The van der Waals surface area contributed by atoms with Crippen LogP contribution in [0.15, 0.2) is 47.6 Å². The zero-order valence-electron chi connectivity index (χ0n) is 33.6. The van der Waals surface area contributed by atoms with Crippen LogP contribution in [0.25, 0.3) is 0 Å². The number of aryl methyl sites for hydroxylation is 1. The lowest BCUT2D eigenvalue weighted by atomic mass is 9.36. The van der Waals surface area contributed by atoms with Crippen molar-refractivity contribution in [3.05, 3.63) is 53.1 Å². The van der Waals surface area contributed by atoms with E-state index in [9.17, 15) is 19.2 Å². The number of nitrogens with one attached hydrogen (secondary N) is 1. The predicted octanol–water partition coefficient (Wildman–Crippen LogP) is 9.22. The van der Waals surface area contributed by atoms with Crippen molar-refractivity contribution in [1.82, 2.24) is 0 Å². The number of fused-ring (bicyclic) bond motifs is 7. The first-order chi connectivity index (χ1) is 24.4. The number of rotatable bonds is 8. The van der Waals surface area contributed by atoms with Crippen molar-refractivity contribution in [2.75, 3.05) is 12.4 Å². The molecule has 0 saturated heterocycles. The van der Waals surface area contributed by atoms with Gasteiger partial charge in [-0.2, -0.15) is 0 Å². The monoisotopic (exact) mass is 715 g/mol. The molecule has 1 amide bonds. The number of carbonyl (C=O) groups is 4. The second-order valence-corrected chi connectivity index (χ2v) is 19.0. The van der Waals surface area contributed by atoms with Crippen molar-refractivity contribution in [2.24, 2.45) is 56.7 Å². The third-order valence-corrected chi connectivity index (χ3v) is 14.7. The van der Waals surface area contributed by atoms with Gasteiger partial charge in [0, 0.05) is 41.5 Å². The van der Waals surface area contributed by atoms with Crippen LogP contribution in [0.4, 0.5) is 5.69 Å². The van der Waals surface area contributed by atoms with Crippen LogP contribution in [0.3, 0.4) is 0 Å². The smallest absolute Gasteiger partial charge is 0.307 e. The Labute approximate surface area is 312 Å². The number of aliphatic hydroxyl groups is 1. The average Bonchev–Trinajstić information content (AvgIpc) is 3.39. The first-order valence-corrected chi connectivity index (χ1v) is 19.8. The Balaban J connectivity index is 0.00000257. The summed E-state index contributed by atoms with van der Waals surface area (Å²) >= 11 is 0. The normalized spacial score (nSPS) is 35.1. The summed E-state index contributed by atoms with van der Waals surface area (Å²) < 4.78 is 6.19. The highest BCUT2D eigenvalue weighted by Crippen LogP contribution is 2.73. The molecule has 6 rings (SSSR count).